The van der Waals surface area contributed by atoms with Crippen molar-refractivity contribution in [3.63, 3.8) is 0 Å². The van der Waals surface area contributed by atoms with E-state index in [9.17, 15) is 26.0 Å². The van der Waals surface area contributed by atoms with E-state index in [1.807, 2.05) is 0 Å². The van der Waals surface area contributed by atoms with Crippen LogP contribution in [0.5, 0.6) is 0 Å². The summed E-state index contributed by atoms with van der Waals surface area (Å²) in [5, 5.41) is 2.56. The zero-order valence-corrected chi connectivity index (χ0v) is 19.3. The standard InChI is InChI=1S/C21H21FN4O5S2/c1-15(26(32(2,28)29)18-10-6-16(22)7-11-18)21(27)24-17-8-12-19(13-9-17)33(30,31)25-20-5-3-4-14-23-20/h3-15H,1-2H3,(H,23,25)(H,24,27)/t15-/m0/s1. The number of amides is 1. The van der Waals surface area contributed by atoms with Crippen LogP contribution in [-0.2, 0) is 24.8 Å². The van der Waals surface area contributed by atoms with E-state index in [-0.39, 0.29) is 22.1 Å². The van der Waals surface area contributed by atoms with Gasteiger partial charge >= 0.3 is 0 Å². The summed E-state index contributed by atoms with van der Waals surface area (Å²) in [5.74, 6) is -1.05. The van der Waals surface area contributed by atoms with Gasteiger partial charge in [-0.25, -0.2) is 26.2 Å². The molecule has 12 heteroatoms. The van der Waals surface area contributed by atoms with Crippen molar-refractivity contribution in [3.05, 3.63) is 78.7 Å². The molecule has 2 N–H and O–H groups in total. The van der Waals surface area contributed by atoms with E-state index in [2.05, 4.69) is 15.0 Å². The lowest BCUT2D eigenvalue weighted by molar-refractivity contribution is -0.116. The first-order valence-electron chi connectivity index (χ1n) is 9.57. The number of pyridine rings is 1. The maximum absolute atomic E-state index is 13.2. The Bertz CT molecular complexity index is 1330. The first-order valence-corrected chi connectivity index (χ1v) is 12.9. The molecule has 1 atom stereocenters. The van der Waals surface area contributed by atoms with E-state index in [1.54, 1.807) is 12.1 Å². The average molecular weight is 493 g/mol. The third-order valence-corrected chi connectivity index (χ3v) is 7.12. The Morgan fingerprint density at radius 3 is 2.15 bits per heavy atom. The Hall–Kier alpha value is -3.51. The van der Waals surface area contributed by atoms with Crippen LogP contribution < -0.4 is 14.3 Å². The summed E-state index contributed by atoms with van der Waals surface area (Å²) < 4.78 is 66.0. The minimum Gasteiger partial charge on any atom is -0.324 e. The highest BCUT2D eigenvalue weighted by atomic mass is 32.2. The summed E-state index contributed by atoms with van der Waals surface area (Å²) in [5.41, 5.74) is 0.389. The van der Waals surface area contributed by atoms with Crippen LogP contribution in [0, 0.1) is 5.82 Å². The lowest BCUT2D eigenvalue weighted by Gasteiger charge is -2.28. The molecule has 3 rings (SSSR count). The topological polar surface area (TPSA) is 126 Å². The molecule has 0 radical (unpaired) electrons. The number of rotatable bonds is 8. The molecule has 0 aliphatic heterocycles. The highest BCUT2D eigenvalue weighted by Crippen LogP contribution is 2.23. The molecule has 3 aromatic rings. The molecule has 0 aliphatic carbocycles. The number of carbonyl (C=O) groups is 1. The predicted molar refractivity (Wildman–Crippen MR) is 123 cm³/mol. The van der Waals surface area contributed by atoms with Gasteiger partial charge < -0.3 is 5.32 Å². The number of hydrogen-bond acceptors (Lipinski definition) is 6. The Morgan fingerprint density at radius 2 is 1.61 bits per heavy atom. The van der Waals surface area contributed by atoms with Gasteiger partial charge in [-0.2, -0.15) is 0 Å². The number of nitrogens with one attached hydrogen (secondary N) is 2. The van der Waals surface area contributed by atoms with Gasteiger partial charge in [0.05, 0.1) is 16.8 Å². The molecule has 0 spiro atoms. The minimum absolute atomic E-state index is 0.0525. The van der Waals surface area contributed by atoms with Crippen molar-refractivity contribution in [2.45, 2.75) is 17.9 Å². The molecule has 1 aromatic heterocycles. The van der Waals surface area contributed by atoms with Crippen LogP contribution in [0.25, 0.3) is 0 Å². The van der Waals surface area contributed by atoms with Crippen LogP contribution in [0.3, 0.4) is 0 Å². The summed E-state index contributed by atoms with van der Waals surface area (Å²) in [6, 6.07) is 13.7. The van der Waals surface area contributed by atoms with Crippen molar-refractivity contribution in [2.24, 2.45) is 0 Å². The van der Waals surface area contributed by atoms with Crippen LogP contribution in [-0.4, -0.2) is 40.0 Å². The second-order valence-electron chi connectivity index (χ2n) is 7.05. The first-order chi connectivity index (χ1) is 15.5. The van der Waals surface area contributed by atoms with Crippen molar-refractivity contribution in [2.75, 3.05) is 20.6 Å². The van der Waals surface area contributed by atoms with Gasteiger partial charge in [0, 0.05) is 11.9 Å². The number of hydrogen-bond donors (Lipinski definition) is 2. The Balaban J connectivity index is 1.76. The number of carbonyl (C=O) groups excluding carboxylic acids is 1. The molecule has 2 aromatic carbocycles. The normalized spacial score (nSPS) is 12.6. The van der Waals surface area contributed by atoms with Gasteiger partial charge in [0.25, 0.3) is 10.0 Å². The Labute approximate surface area is 191 Å². The molecule has 0 fully saturated rings. The van der Waals surface area contributed by atoms with Gasteiger partial charge in [0.1, 0.15) is 17.7 Å². The monoisotopic (exact) mass is 492 g/mol. The second kappa shape index (κ2) is 9.55. The number of sulfonamides is 2. The van der Waals surface area contributed by atoms with Crippen molar-refractivity contribution in [1.29, 1.82) is 0 Å². The Morgan fingerprint density at radius 1 is 0.970 bits per heavy atom. The van der Waals surface area contributed by atoms with Crippen LogP contribution in [0.4, 0.5) is 21.6 Å². The van der Waals surface area contributed by atoms with Gasteiger partial charge in [-0.3, -0.25) is 13.8 Å². The van der Waals surface area contributed by atoms with Crippen LogP contribution in [0.1, 0.15) is 6.92 Å². The molecule has 0 saturated carbocycles. The van der Waals surface area contributed by atoms with Gasteiger partial charge in [-0.05, 0) is 67.6 Å². The number of nitrogens with zero attached hydrogens (tertiary/aromatic N) is 2. The second-order valence-corrected chi connectivity index (χ2v) is 10.6. The molecule has 0 bridgehead atoms. The summed E-state index contributed by atoms with van der Waals surface area (Å²) in [6.45, 7) is 1.38. The molecule has 0 unspecified atom stereocenters. The van der Waals surface area contributed by atoms with E-state index < -0.39 is 37.8 Å². The number of anilines is 3. The van der Waals surface area contributed by atoms with Crippen molar-refractivity contribution >= 4 is 43.1 Å². The largest absolute Gasteiger partial charge is 0.324 e. The molecule has 174 valence electrons. The van der Waals surface area contributed by atoms with Crippen LogP contribution in [0.2, 0.25) is 0 Å². The number of benzene rings is 2. The van der Waals surface area contributed by atoms with Crippen molar-refractivity contribution in [3.8, 4) is 0 Å². The maximum Gasteiger partial charge on any atom is 0.263 e. The van der Waals surface area contributed by atoms with Gasteiger partial charge in [-0.1, -0.05) is 6.07 Å². The average Bonchev–Trinajstić information content (AvgIpc) is 2.75. The zero-order valence-electron chi connectivity index (χ0n) is 17.6. The minimum atomic E-state index is -3.89. The maximum atomic E-state index is 13.2. The summed E-state index contributed by atoms with van der Waals surface area (Å²) in [4.78, 5) is 16.6. The van der Waals surface area contributed by atoms with Gasteiger partial charge in [-0.15, -0.1) is 0 Å². The van der Waals surface area contributed by atoms with E-state index >= 15 is 0 Å². The molecule has 33 heavy (non-hydrogen) atoms. The Kier molecular flexibility index (Phi) is 6.98. The van der Waals surface area contributed by atoms with Gasteiger partial charge in [0.15, 0.2) is 0 Å². The lowest BCUT2D eigenvalue weighted by atomic mass is 10.2. The fraction of sp³-hybridized carbons (Fsp3) is 0.143. The van der Waals surface area contributed by atoms with Crippen LogP contribution in [0.15, 0.2) is 77.8 Å². The zero-order chi connectivity index (χ0) is 24.2. The summed E-state index contributed by atoms with van der Waals surface area (Å²) in [6.07, 6.45) is 2.39. The highest BCUT2D eigenvalue weighted by Gasteiger charge is 2.29. The fourth-order valence-electron chi connectivity index (χ4n) is 2.98. The predicted octanol–water partition coefficient (Wildman–Crippen LogP) is 2.81. The number of aromatic nitrogens is 1. The van der Waals surface area contributed by atoms with Crippen molar-refractivity contribution < 1.29 is 26.0 Å². The quantitative estimate of drug-likeness (QED) is 0.498. The van der Waals surface area contributed by atoms with Crippen LogP contribution >= 0.6 is 0 Å². The third-order valence-electron chi connectivity index (χ3n) is 4.51. The van der Waals surface area contributed by atoms with E-state index in [0.29, 0.717) is 0 Å². The fourth-order valence-corrected chi connectivity index (χ4v) is 5.16. The third kappa shape index (κ3) is 6.05. The summed E-state index contributed by atoms with van der Waals surface area (Å²) in [7, 11) is -7.76. The lowest BCUT2D eigenvalue weighted by Crippen LogP contribution is -2.45. The molecule has 0 aliphatic rings. The van der Waals surface area contributed by atoms with E-state index in [0.717, 1.165) is 22.7 Å². The first kappa shape index (κ1) is 24.1. The molecular weight excluding hydrogens is 471 g/mol. The van der Waals surface area contributed by atoms with Crippen molar-refractivity contribution in [1.82, 2.24) is 4.98 Å². The highest BCUT2D eigenvalue weighted by molar-refractivity contribution is 7.92. The summed E-state index contributed by atoms with van der Waals surface area (Å²) >= 11 is 0. The molecule has 1 heterocycles. The molecule has 1 amide bonds. The molecular formula is C21H21FN4O5S2. The molecule has 9 nitrogen and oxygen atoms in total. The SMILES string of the molecule is C[C@@H](C(=O)Nc1ccc(S(=O)(=O)Nc2ccccn2)cc1)N(c1ccc(F)cc1)S(C)(=O)=O. The smallest absolute Gasteiger partial charge is 0.263 e. The van der Waals surface area contributed by atoms with Gasteiger partial charge in [0.2, 0.25) is 15.9 Å². The van der Waals surface area contributed by atoms with E-state index in [1.165, 1.54) is 55.6 Å². The number of halogens is 1. The molecule has 0 saturated heterocycles. The van der Waals surface area contributed by atoms with E-state index in [4.69, 9.17) is 0 Å².